The van der Waals surface area contributed by atoms with Crippen molar-refractivity contribution in [3.63, 3.8) is 0 Å². The predicted octanol–water partition coefficient (Wildman–Crippen LogP) is 7.47. The lowest BCUT2D eigenvalue weighted by atomic mass is 9.84. The van der Waals surface area contributed by atoms with Crippen molar-refractivity contribution in [3.05, 3.63) is 124 Å². The number of rotatable bonds is 2. The van der Waals surface area contributed by atoms with Crippen LogP contribution in [0.3, 0.4) is 0 Å². The Balaban J connectivity index is 1.40. The predicted molar refractivity (Wildman–Crippen MR) is 161 cm³/mol. The van der Waals surface area contributed by atoms with Gasteiger partial charge in [0, 0.05) is 23.8 Å². The van der Waals surface area contributed by atoms with Gasteiger partial charge in [0.1, 0.15) is 17.0 Å². The molecule has 42 heavy (non-hydrogen) atoms. The number of fused-ring (bicyclic) bond motifs is 3. The molecule has 0 bridgehead atoms. The average Bonchev–Trinajstić information content (AvgIpc) is 3.61. The van der Waals surface area contributed by atoms with Crippen LogP contribution in [-0.4, -0.2) is 31.7 Å². The van der Waals surface area contributed by atoms with Crippen LogP contribution in [0.4, 0.5) is 8.63 Å². The minimum absolute atomic E-state index is 0.0101. The van der Waals surface area contributed by atoms with Crippen molar-refractivity contribution >= 4 is 29.4 Å². The van der Waals surface area contributed by atoms with Gasteiger partial charge in [0.15, 0.2) is 11.3 Å². The van der Waals surface area contributed by atoms with Crippen molar-refractivity contribution in [1.82, 2.24) is 9.46 Å². The van der Waals surface area contributed by atoms with E-state index >= 15 is 8.63 Å². The number of nitrogens with zero attached hydrogens (tertiary/aromatic N) is 3. The van der Waals surface area contributed by atoms with Crippen LogP contribution >= 0.6 is 0 Å². The van der Waals surface area contributed by atoms with Gasteiger partial charge in [-0.15, -0.1) is 0 Å². The molecule has 2 aromatic heterocycles. The van der Waals surface area contributed by atoms with E-state index in [0.717, 1.165) is 16.7 Å². The van der Waals surface area contributed by atoms with Crippen LogP contribution in [0.15, 0.2) is 100 Å². The van der Waals surface area contributed by atoms with Crippen LogP contribution in [0.1, 0.15) is 41.9 Å². The number of phenolic OH excluding ortho intramolecular Hbond substituents is 1. The lowest BCUT2D eigenvalue weighted by Gasteiger charge is -2.34. The molecule has 2 aliphatic rings. The highest BCUT2D eigenvalue weighted by Crippen LogP contribution is 2.45. The lowest BCUT2D eigenvalue weighted by molar-refractivity contribution is -0.363. The summed E-state index contributed by atoms with van der Waals surface area (Å²) in [6.07, 6.45) is 0. The van der Waals surface area contributed by atoms with Crippen molar-refractivity contribution in [3.8, 4) is 29.0 Å². The SMILES string of the molecule is CC1=C(C#Cc2ccc(O)c(-c3nc4ccccc4o3)c2)C(C)=[N+]2C1=C(c1ccccc1)c1c(C)cc(C)n1[B-]2(F)F. The molecular weight excluding hydrogens is 531 g/mol. The zero-order chi connectivity index (χ0) is 29.3. The number of hydrogen-bond acceptors (Lipinski definition) is 3. The first-order valence-corrected chi connectivity index (χ1v) is 13.7. The zero-order valence-electron chi connectivity index (χ0n) is 23.5. The van der Waals surface area contributed by atoms with Crippen LogP contribution in [0, 0.1) is 25.7 Å². The van der Waals surface area contributed by atoms with Crippen molar-refractivity contribution < 1.29 is 22.6 Å². The van der Waals surface area contributed by atoms with Crippen molar-refractivity contribution in [2.24, 2.45) is 0 Å². The molecule has 8 heteroatoms. The minimum Gasteiger partial charge on any atom is -0.507 e. The van der Waals surface area contributed by atoms with E-state index < -0.39 is 6.97 Å². The van der Waals surface area contributed by atoms with E-state index in [1.165, 1.54) is 15.0 Å². The first kappa shape index (κ1) is 25.8. The third-order valence-corrected chi connectivity index (χ3v) is 8.12. The fourth-order valence-electron chi connectivity index (χ4n) is 6.29. The molecule has 0 radical (unpaired) electrons. The van der Waals surface area contributed by atoms with Crippen LogP contribution in [0.5, 0.6) is 5.75 Å². The zero-order valence-corrected chi connectivity index (χ0v) is 23.5. The molecule has 0 atom stereocenters. The molecule has 0 fully saturated rings. The molecule has 0 amide bonds. The fraction of sp³-hybridized carbons (Fsp3) is 0.118. The highest BCUT2D eigenvalue weighted by atomic mass is 19.2. The van der Waals surface area contributed by atoms with Gasteiger partial charge in [-0.3, -0.25) is 0 Å². The lowest BCUT2D eigenvalue weighted by Crippen LogP contribution is -2.51. The second-order valence-electron chi connectivity index (χ2n) is 10.8. The van der Waals surface area contributed by atoms with E-state index in [1.807, 2.05) is 74.5 Å². The van der Waals surface area contributed by atoms with Crippen LogP contribution < -0.4 is 0 Å². The van der Waals surface area contributed by atoms with Gasteiger partial charge in [0.25, 0.3) is 0 Å². The Labute approximate surface area is 241 Å². The van der Waals surface area contributed by atoms with Gasteiger partial charge in [0.2, 0.25) is 5.89 Å². The number of oxazole rings is 1. The highest BCUT2D eigenvalue weighted by molar-refractivity contribution is 6.58. The van der Waals surface area contributed by atoms with Gasteiger partial charge < -0.3 is 27.1 Å². The molecular formula is C34H26BF2N3O2. The number of allylic oxidation sites excluding steroid dienone is 2. The summed E-state index contributed by atoms with van der Waals surface area (Å²) in [4.78, 5) is 4.49. The van der Waals surface area contributed by atoms with E-state index in [1.54, 1.807) is 26.0 Å². The summed E-state index contributed by atoms with van der Waals surface area (Å²) in [6.45, 7) is 3.02. The quantitative estimate of drug-likeness (QED) is 0.181. The fourth-order valence-corrected chi connectivity index (χ4v) is 6.29. The molecule has 5 nitrogen and oxygen atoms in total. The van der Waals surface area contributed by atoms with E-state index in [-0.39, 0.29) is 11.6 Å². The number of aromatic hydroxyl groups is 1. The summed E-state index contributed by atoms with van der Waals surface area (Å²) in [5.41, 5.74) is 7.93. The van der Waals surface area contributed by atoms with E-state index in [9.17, 15) is 5.11 Å². The summed E-state index contributed by atoms with van der Waals surface area (Å²) in [5, 5.41) is 10.6. The third kappa shape index (κ3) is 3.70. The summed E-state index contributed by atoms with van der Waals surface area (Å²) < 4.78 is 41.1. The van der Waals surface area contributed by atoms with E-state index in [0.29, 0.717) is 56.2 Å². The first-order valence-electron chi connectivity index (χ1n) is 13.7. The Bertz CT molecular complexity index is 2090. The second-order valence-corrected chi connectivity index (χ2v) is 10.8. The molecule has 7 rings (SSSR count). The number of phenols is 1. The van der Waals surface area contributed by atoms with Gasteiger partial charge in [-0.1, -0.05) is 54.3 Å². The normalized spacial score (nSPS) is 15.7. The van der Waals surface area contributed by atoms with Crippen molar-refractivity contribution in [1.29, 1.82) is 0 Å². The standard InChI is InChI=1S/C34H26BF2N3O2/c1-20-18-21(2)39-32(20)31(25-10-6-5-7-11-25)33-22(3)26(23(4)40(33)35(39,36)37)16-14-24-15-17-29(41)27(19-24)34-38-28-12-8-9-13-30(28)42-34/h5-13,15,17-19,41H,1-4H3. The average molecular weight is 557 g/mol. The van der Waals surface area contributed by atoms with Crippen LogP contribution in [0.2, 0.25) is 0 Å². The Morgan fingerprint density at radius 3 is 2.40 bits per heavy atom. The summed E-state index contributed by atoms with van der Waals surface area (Å²) >= 11 is 0. The maximum absolute atomic E-state index is 16.4. The molecule has 0 saturated heterocycles. The summed E-state index contributed by atoms with van der Waals surface area (Å²) in [7, 11) is 0. The van der Waals surface area contributed by atoms with Gasteiger partial charge in [-0.25, -0.2) is 4.98 Å². The Morgan fingerprint density at radius 2 is 1.64 bits per heavy atom. The number of benzene rings is 3. The molecule has 1 N–H and O–H groups in total. The molecule has 4 heterocycles. The smallest absolute Gasteiger partial charge is 0.507 e. The number of halogens is 2. The van der Waals surface area contributed by atoms with Crippen LogP contribution in [0.25, 0.3) is 28.1 Å². The number of aromatic nitrogens is 2. The van der Waals surface area contributed by atoms with Crippen molar-refractivity contribution in [2.45, 2.75) is 27.7 Å². The molecule has 0 spiro atoms. The molecule has 0 aliphatic carbocycles. The highest BCUT2D eigenvalue weighted by Gasteiger charge is 2.56. The van der Waals surface area contributed by atoms with Gasteiger partial charge in [0.05, 0.1) is 16.7 Å². The van der Waals surface area contributed by atoms with Gasteiger partial charge in [-0.2, -0.15) is 0 Å². The second kappa shape index (κ2) is 9.18. The Morgan fingerprint density at radius 1 is 0.905 bits per heavy atom. The summed E-state index contributed by atoms with van der Waals surface area (Å²) in [5.74, 6) is 6.62. The third-order valence-electron chi connectivity index (χ3n) is 8.12. The first-order chi connectivity index (χ1) is 20.2. The monoisotopic (exact) mass is 557 g/mol. The Hall–Kier alpha value is -5.16. The molecule has 0 unspecified atom stereocenters. The minimum atomic E-state index is -4.16. The molecule has 3 aromatic carbocycles. The number of hydrogen-bond donors (Lipinski definition) is 1. The van der Waals surface area contributed by atoms with Gasteiger partial charge in [-0.05, 0) is 74.0 Å². The molecule has 0 saturated carbocycles. The Kier molecular flexibility index (Phi) is 5.64. The van der Waals surface area contributed by atoms with E-state index in [2.05, 4.69) is 16.8 Å². The van der Waals surface area contributed by atoms with Gasteiger partial charge >= 0.3 is 6.97 Å². The summed E-state index contributed by atoms with van der Waals surface area (Å²) in [6, 6.07) is 23.8. The molecule has 206 valence electrons. The van der Waals surface area contributed by atoms with Crippen molar-refractivity contribution in [2.75, 3.05) is 0 Å². The van der Waals surface area contributed by atoms with E-state index in [4.69, 9.17) is 4.42 Å². The number of aryl methyl sites for hydroxylation is 2. The maximum atomic E-state index is 16.4. The maximum Gasteiger partial charge on any atom is 0.737 e. The largest absolute Gasteiger partial charge is 0.737 e. The number of para-hydroxylation sites is 2. The molecule has 5 aromatic rings. The topological polar surface area (TPSA) is 54.2 Å². The molecule has 2 aliphatic heterocycles. The van der Waals surface area contributed by atoms with Crippen LogP contribution in [-0.2, 0) is 0 Å².